The molecular weight excluding hydrogens is 502 g/mol. The van der Waals surface area contributed by atoms with E-state index in [4.69, 9.17) is 4.98 Å². The number of allylic oxidation sites excluding steroid dienone is 2. The maximum Gasteiger partial charge on any atom is 0.104 e. The molecule has 0 amide bonds. The molecule has 0 aliphatic carbocycles. The first-order chi connectivity index (χ1) is 19.9. The van der Waals surface area contributed by atoms with Crippen LogP contribution in [0.1, 0.15) is 113 Å². The van der Waals surface area contributed by atoms with Crippen molar-refractivity contribution in [3.05, 3.63) is 68.3 Å². The van der Waals surface area contributed by atoms with E-state index in [2.05, 4.69) is 88.5 Å². The van der Waals surface area contributed by atoms with Gasteiger partial charge < -0.3 is 15.0 Å². The van der Waals surface area contributed by atoms with E-state index in [0.717, 1.165) is 79.3 Å². The molecule has 0 atom stereocenters. The number of aromatic amines is 3. The lowest BCUT2D eigenvalue weighted by atomic mass is 9.99. The van der Waals surface area contributed by atoms with Crippen LogP contribution >= 0.6 is 0 Å². The van der Waals surface area contributed by atoms with E-state index in [-0.39, 0.29) is 0 Å². The molecule has 0 fully saturated rings. The first-order valence-electron chi connectivity index (χ1n) is 15.9. The monoisotopic (exact) mass is 549 g/mol. The van der Waals surface area contributed by atoms with Crippen molar-refractivity contribution in [2.45, 2.75) is 107 Å². The molecule has 1 aliphatic heterocycles. The molecule has 0 saturated heterocycles. The first-order valence-corrected chi connectivity index (χ1v) is 15.9. The number of aromatic nitrogens is 4. The van der Waals surface area contributed by atoms with Crippen LogP contribution in [0.5, 0.6) is 0 Å². The van der Waals surface area contributed by atoms with Crippen LogP contribution in [-0.2, 0) is 38.5 Å². The lowest BCUT2D eigenvalue weighted by molar-refractivity contribution is 1.06. The van der Waals surface area contributed by atoms with E-state index in [1.54, 1.807) is 0 Å². The maximum atomic E-state index is 9.51. The third kappa shape index (κ3) is 4.64. The van der Waals surface area contributed by atoms with Gasteiger partial charge in [0.15, 0.2) is 0 Å². The molecule has 8 bridgehead atoms. The van der Waals surface area contributed by atoms with Gasteiger partial charge in [-0.15, -0.1) is 0 Å². The Balaban J connectivity index is 2.11. The number of nitrogens with zero attached hydrogens (tertiary/aromatic N) is 1. The van der Waals surface area contributed by atoms with Crippen LogP contribution in [0.15, 0.2) is 18.2 Å². The van der Waals surface area contributed by atoms with Gasteiger partial charge in [0, 0.05) is 27.6 Å². The number of H-pyrrole nitrogens is 3. The predicted molar refractivity (Wildman–Crippen MR) is 176 cm³/mol. The van der Waals surface area contributed by atoms with E-state index < -0.39 is 0 Å². The zero-order chi connectivity index (χ0) is 29.4. The van der Waals surface area contributed by atoms with Crippen molar-refractivity contribution in [1.82, 2.24) is 19.9 Å². The van der Waals surface area contributed by atoms with E-state index in [1.165, 1.54) is 61.1 Å². The molecule has 0 spiro atoms. The Bertz CT molecular complexity index is 1840. The molecule has 5 nitrogen and oxygen atoms in total. The van der Waals surface area contributed by atoms with Crippen LogP contribution in [-0.4, -0.2) is 19.9 Å². The summed E-state index contributed by atoms with van der Waals surface area (Å²) in [5, 5.41) is 10.0. The van der Waals surface area contributed by atoms with Gasteiger partial charge in [0.2, 0.25) is 0 Å². The zero-order valence-corrected chi connectivity index (χ0v) is 26.3. The summed E-state index contributed by atoms with van der Waals surface area (Å²) in [7, 11) is 0. The molecule has 1 aliphatic rings. The van der Waals surface area contributed by atoms with Crippen LogP contribution in [0, 0.1) is 5.41 Å². The summed E-state index contributed by atoms with van der Waals surface area (Å²) in [6, 6.07) is 6.89. The highest BCUT2D eigenvalue weighted by Crippen LogP contribution is 2.35. The number of nitrogens with one attached hydrogen (secondary N) is 4. The summed E-state index contributed by atoms with van der Waals surface area (Å²) in [6.07, 6.45) is 7.42. The van der Waals surface area contributed by atoms with Crippen LogP contribution in [0.4, 0.5) is 0 Å². The molecule has 5 rings (SSSR count). The highest BCUT2D eigenvalue weighted by atomic mass is 14.8. The Hall–Kier alpha value is -3.60. The lowest BCUT2D eigenvalue weighted by Crippen LogP contribution is -2.09. The third-order valence-electron chi connectivity index (χ3n) is 9.18. The number of hydrogen-bond donors (Lipinski definition) is 4. The fraction of sp³-hybridized carbons (Fsp3) is 0.444. The Morgan fingerprint density at radius 1 is 0.488 bits per heavy atom. The van der Waals surface area contributed by atoms with Crippen molar-refractivity contribution < 1.29 is 0 Å². The minimum atomic E-state index is 0.511. The van der Waals surface area contributed by atoms with Gasteiger partial charge in [0.05, 0.1) is 16.9 Å². The first kappa shape index (κ1) is 28.9. The Morgan fingerprint density at radius 2 is 0.878 bits per heavy atom. The number of fused-ring (bicyclic) bond motifs is 8. The van der Waals surface area contributed by atoms with Crippen molar-refractivity contribution in [3.63, 3.8) is 0 Å². The van der Waals surface area contributed by atoms with Gasteiger partial charge in [0.25, 0.3) is 0 Å². The van der Waals surface area contributed by atoms with E-state index >= 15 is 0 Å². The second-order valence-electron chi connectivity index (χ2n) is 11.1. The van der Waals surface area contributed by atoms with Gasteiger partial charge in [0.1, 0.15) is 5.36 Å². The fourth-order valence-corrected chi connectivity index (χ4v) is 7.28. The van der Waals surface area contributed by atoms with E-state index in [1.807, 2.05) is 0 Å². The summed E-state index contributed by atoms with van der Waals surface area (Å²) < 4.78 is 0. The van der Waals surface area contributed by atoms with Crippen LogP contribution in [0.25, 0.3) is 44.2 Å². The molecule has 41 heavy (non-hydrogen) atoms. The van der Waals surface area contributed by atoms with Gasteiger partial charge in [-0.3, -0.25) is 5.41 Å². The highest BCUT2D eigenvalue weighted by Gasteiger charge is 2.21. The fourth-order valence-electron chi connectivity index (χ4n) is 7.28. The summed E-state index contributed by atoms with van der Waals surface area (Å²) in [4.78, 5) is 16.6. The summed E-state index contributed by atoms with van der Waals surface area (Å²) >= 11 is 0. The minimum absolute atomic E-state index is 0.511. The summed E-state index contributed by atoms with van der Waals surface area (Å²) in [5.74, 6) is 0. The number of aryl methyl sites for hydroxylation is 6. The van der Waals surface area contributed by atoms with Crippen molar-refractivity contribution in [3.8, 4) is 0 Å². The maximum absolute atomic E-state index is 9.51. The van der Waals surface area contributed by atoms with E-state index in [0.29, 0.717) is 5.36 Å². The smallest absolute Gasteiger partial charge is 0.104 e. The highest BCUT2D eigenvalue weighted by molar-refractivity contribution is 5.94. The molecule has 216 valence electrons. The Kier molecular flexibility index (Phi) is 8.26. The lowest BCUT2D eigenvalue weighted by Gasteiger charge is -2.03. The van der Waals surface area contributed by atoms with Crippen molar-refractivity contribution in [2.24, 2.45) is 0 Å². The predicted octanol–water partition coefficient (Wildman–Crippen LogP) is 9.11. The van der Waals surface area contributed by atoms with Gasteiger partial charge in [-0.25, -0.2) is 4.98 Å². The summed E-state index contributed by atoms with van der Waals surface area (Å²) in [6.45, 7) is 17.9. The molecule has 5 heterocycles. The number of rotatable bonds is 8. The topological polar surface area (TPSA) is 84.1 Å². The molecule has 0 radical (unpaired) electrons. The van der Waals surface area contributed by atoms with Gasteiger partial charge >= 0.3 is 0 Å². The molecule has 0 aromatic carbocycles. The van der Waals surface area contributed by atoms with Crippen LogP contribution < -0.4 is 5.36 Å². The molecule has 5 heteroatoms. The molecule has 4 N–H and O–H groups in total. The largest absolute Gasteiger partial charge is 0.355 e. The Morgan fingerprint density at radius 3 is 1.29 bits per heavy atom. The van der Waals surface area contributed by atoms with Gasteiger partial charge in [-0.2, -0.15) is 0 Å². The molecular formula is C36H47N5. The van der Waals surface area contributed by atoms with Crippen LogP contribution in [0.2, 0.25) is 0 Å². The minimum Gasteiger partial charge on any atom is -0.355 e. The average Bonchev–Trinajstić information content (AvgIpc) is 3.71. The second-order valence-corrected chi connectivity index (χ2v) is 11.1. The standard InChI is InChI=1S/C36H47N5/c1-9-20-22(11-3)30-18-32-24(13-5)26(15-7)35(40-32)34(37)36-27(16-8)25(14-6)33(41-36)19-31-23(12-4)21(10-2)29(39-31)17-28(20)38-30/h17-19,37-40H,9-16H2,1-8H3. The zero-order valence-electron chi connectivity index (χ0n) is 26.3. The summed E-state index contributed by atoms with van der Waals surface area (Å²) in [5.41, 5.74) is 19.1. The van der Waals surface area contributed by atoms with Gasteiger partial charge in [-0.1, -0.05) is 55.4 Å². The molecule has 4 aromatic rings. The van der Waals surface area contributed by atoms with Gasteiger partial charge in [-0.05, 0) is 114 Å². The number of hydrogen-bond acceptors (Lipinski definition) is 2. The second kappa shape index (κ2) is 11.7. The quantitative estimate of drug-likeness (QED) is 0.174. The third-order valence-corrected chi connectivity index (χ3v) is 9.18. The molecule has 4 aromatic heterocycles. The molecule has 0 unspecified atom stereocenters. The van der Waals surface area contributed by atoms with Crippen molar-refractivity contribution in [1.29, 1.82) is 5.41 Å². The van der Waals surface area contributed by atoms with Crippen molar-refractivity contribution >= 4 is 44.2 Å². The Labute approximate surface area is 244 Å². The van der Waals surface area contributed by atoms with E-state index in [9.17, 15) is 5.41 Å². The molecule has 0 saturated carbocycles. The normalized spacial score (nSPS) is 12.7. The van der Waals surface area contributed by atoms with Crippen LogP contribution in [0.3, 0.4) is 0 Å². The average molecular weight is 550 g/mol. The SMILES string of the molecule is CCC1=C(CC)c2nc1cc1[nH]c(cc3[nH]c(cc4[nH]c(c(CC)c4CC)c2=N)c(CC)c3CC)c(CC)c1CC. The van der Waals surface area contributed by atoms with Crippen molar-refractivity contribution in [2.75, 3.05) is 0 Å².